The zero-order chi connectivity index (χ0) is 15.4. The number of carbonyl (C=O) groups excluding carboxylic acids is 2. The first-order valence-corrected chi connectivity index (χ1v) is 5.24. The van der Waals surface area contributed by atoms with E-state index in [1.807, 2.05) is 0 Å². The Bertz CT molecular complexity index is 368. The molecular weight excluding hydrogens is 269 g/mol. The van der Waals surface area contributed by atoms with E-state index in [4.69, 9.17) is 5.11 Å². The van der Waals surface area contributed by atoms with E-state index in [0.29, 0.717) is 0 Å². The van der Waals surface area contributed by atoms with Crippen LogP contribution >= 0.6 is 0 Å². The van der Waals surface area contributed by atoms with E-state index >= 15 is 0 Å². The van der Waals surface area contributed by atoms with E-state index in [0.717, 1.165) is 11.8 Å². The van der Waals surface area contributed by atoms with Crippen molar-refractivity contribution in [3.05, 3.63) is 0 Å². The monoisotopic (exact) mass is 284 g/mol. The fraction of sp³-hybridized carbons (Fsp3) is 0.700. The van der Waals surface area contributed by atoms with Crippen molar-refractivity contribution >= 4 is 17.8 Å². The number of alkyl halides is 3. The molecule has 0 fully saturated rings. The van der Waals surface area contributed by atoms with E-state index in [2.05, 4.69) is 0 Å². The van der Waals surface area contributed by atoms with E-state index in [1.54, 1.807) is 0 Å². The molecule has 0 aliphatic heterocycles. The minimum absolute atomic E-state index is 0.196. The van der Waals surface area contributed by atoms with Crippen LogP contribution in [-0.4, -0.2) is 66.1 Å². The lowest BCUT2D eigenvalue weighted by molar-refractivity contribution is -0.169. The lowest BCUT2D eigenvalue weighted by Gasteiger charge is -2.26. The third-order valence-electron chi connectivity index (χ3n) is 2.25. The van der Waals surface area contributed by atoms with Crippen molar-refractivity contribution in [2.45, 2.75) is 13.1 Å². The van der Waals surface area contributed by atoms with E-state index in [-0.39, 0.29) is 4.90 Å². The summed E-state index contributed by atoms with van der Waals surface area (Å²) in [7, 11) is 2.64. The van der Waals surface area contributed by atoms with Gasteiger partial charge in [0.1, 0.15) is 19.0 Å². The number of rotatable bonds is 5. The Balaban J connectivity index is 5.01. The minimum Gasteiger partial charge on any atom is -0.481 e. The summed E-state index contributed by atoms with van der Waals surface area (Å²) in [6.45, 7) is -1.51. The fourth-order valence-corrected chi connectivity index (χ4v) is 1.11. The standard InChI is InChI=1S/C10H15F3N2O4/c1-6(9(18)19)8(17)15(5-10(11,12)13)4-7(16)14(2)3/h6H,4-5H2,1-3H3,(H,18,19). The summed E-state index contributed by atoms with van der Waals surface area (Å²) in [4.78, 5) is 34.8. The maximum atomic E-state index is 12.3. The highest BCUT2D eigenvalue weighted by molar-refractivity contribution is 5.97. The van der Waals surface area contributed by atoms with Crippen LogP contribution in [0.25, 0.3) is 0 Å². The molecule has 1 N–H and O–H groups in total. The summed E-state index contributed by atoms with van der Waals surface area (Å²) >= 11 is 0. The van der Waals surface area contributed by atoms with Gasteiger partial charge in [-0.1, -0.05) is 0 Å². The first-order valence-electron chi connectivity index (χ1n) is 5.24. The molecule has 0 saturated heterocycles. The molecule has 0 aromatic rings. The molecule has 0 radical (unpaired) electrons. The van der Waals surface area contributed by atoms with Crippen LogP contribution in [0.15, 0.2) is 0 Å². The third-order valence-corrected chi connectivity index (χ3v) is 2.25. The van der Waals surface area contributed by atoms with Crippen molar-refractivity contribution in [3.8, 4) is 0 Å². The van der Waals surface area contributed by atoms with Gasteiger partial charge in [0.15, 0.2) is 0 Å². The summed E-state index contributed by atoms with van der Waals surface area (Å²) in [6, 6.07) is 0. The van der Waals surface area contributed by atoms with Gasteiger partial charge in [-0.3, -0.25) is 14.4 Å². The van der Waals surface area contributed by atoms with Crippen molar-refractivity contribution in [3.63, 3.8) is 0 Å². The third kappa shape index (κ3) is 6.07. The van der Waals surface area contributed by atoms with Crippen LogP contribution in [0.2, 0.25) is 0 Å². The summed E-state index contributed by atoms with van der Waals surface area (Å²) in [6.07, 6.45) is -4.71. The number of carboxylic acid groups (broad SMARTS) is 1. The maximum absolute atomic E-state index is 12.3. The molecule has 1 unspecified atom stereocenters. The summed E-state index contributed by atoms with van der Waals surface area (Å²) < 4.78 is 36.9. The second kappa shape index (κ2) is 6.39. The molecule has 0 bridgehead atoms. The largest absolute Gasteiger partial charge is 0.481 e. The summed E-state index contributed by atoms with van der Waals surface area (Å²) in [5.74, 6) is -5.16. The number of halogens is 3. The van der Waals surface area contributed by atoms with Gasteiger partial charge in [0.05, 0.1) is 0 Å². The molecule has 0 spiro atoms. The average Bonchev–Trinajstić information content (AvgIpc) is 2.23. The van der Waals surface area contributed by atoms with Crippen molar-refractivity contribution < 1.29 is 32.7 Å². The number of hydrogen-bond acceptors (Lipinski definition) is 3. The normalized spacial score (nSPS) is 12.7. The topological polar surface area (TPSA) is 77.9 Å². The molecule has 0 aromatic heterocycles. The Morgan fingerprint density at radius 3 is 2.00 bits per heavy atom. The highest BCUT2D eigenvalue weighted by Gasteiger charge is 2.37. The van der Waals surface area contributed by atoms with Crippen molar-refractivity contribution in [2.24, 2.45) is 5.92 Å². The molecular formula is C10H15F3N2O4. The van der Waals surface area contributed by atoms with Gasteiger partial charge in [-0.2, -0.15) is 13.2 Å². The van der Waals surface area contributed by atoms with Gasteiger partial charge < -0.3 is 14.9 Å². The molecule has 0 aliphatic rings. The quantitative estimate of drug-likeness (QED) is 0.731. The van der Waals surface area contributed by atoms with Crippen LogP contribution in [0.1, 0.15) is 6.92 Å². The van der Waals surface area contributed by atoms with Crippen LogP contribution in [0.4, 0.5) is 13.2 Å². The molecule has 0 aromatic carbocycles. The predicted octanol–water partition coefficient (Wildman–Crippen LogP) is 0.186. The van der Waals surface area contributed by atoms with Crippen LogP contribution in [-0.2, 0) is 14.4 Å². The minimum atomic E-state index is -4.71. The van der Waals surface area contributed by atoms with Gasteiger partial charge >= 0.3 is 12.1 Å². The van der Waals surface area contributed by atoms with Crippen LogP contribution in [0.3, 0.4) is 0 Å². The summed E-state index contributed by atoms with van der Waals surface area (Å²) in [5.41, 5.74) is 0. The molecule has 9 heteroatoms. The first-order chi connectivity index (χ1) is 8.45. The number of likely N-dealkylation sites (N-methyl/N-ethyl adjacent to an activating group) is 1. The Labute approximate surface area is 107 Å². The Kier molecular flexibility index (Phi) is 5.79. The molecule has 0 saturated carbocycles. The van der Waals surface area contributed by atoms with Gasteiger partial charge in [0, 0.05) is 14.1 Å². The zero-order valence-electron chi connectivity index (χ0n) is 10.7. The molecule has 2 amide bonds. The Morgan fingerprint density at radius 1 is 1.21 bits per heavy atom. The highest BCUT2D eigenvalue weighted by Crippen LogP contribution is 2.18. The SMILES string of the molecule is CC(C(=O)O)C(=O)N(CC(=O)N(C)C)CC(F)(F)F. The lowest BCUT2D eigenvalue weighted by atomic mass is 10.1. The van der Waals surface area contributed by atoms with Crippen LogP contribution < -0.4 is 0 Å². The number of nitrogens with zero attached hydrogens (tertiary/aromatic N) is 2. The van der Waals surface area contributed by atoms with Gasteiger partial charge in [-0.05, 0) is 6.92 Å². The second-order valence-corrected chi connectivity index (χ2v) is 4.16. The van der Waals surface area contributed by atoms with Crippen molar-refractivity contribution in [1.29, 1.82) is 0 Å². The highest BCUT2D eigenvalue weighted by atomic mass is 19.4. The Hall–Kier alpha value is -1.80. The van der Waals surface area contributed by atoms with Gasteiger partial charge in [-0.25, -0.2) is 0 Å². The zero-order valence-corrected chi connectivity index (χ0v) is 10.7. The van der Waals surface area contributed by atoms with Crippen molar-refractivity contribution in [2.75, 3.05) is 27.2 Å². The van der Waals surface area contributed by atoms with Crippen LogP contribution in [0.5, 0.6) is 0 Å². The molecule has 6 nitrogen and oxygen atoms in total. The molecule has 1 atom stereocenters. The van der Waals surface area contributed by atoms with Gasteiger partial charge in [-0.15, -0.1) is 0 Å². The molecule has 110 valence electrons. The second-order valence-electron chi connectivity index (χ2n) is 4.16. The molecule has 0 rings (SSSR count). The van der Waals surface area contributed by atoms with E-state index in [1.165, 1.54) is 14.1 Å². The maximum Gasteiger partial charge on any atom is 0.406 e. The summed E-state index contributed by atoms with van der Waals surface area (Å²) in [5, 5.41) is 8.62. The lowest BCUT2D eigenvalue weighted by Crippen LogP contribution is -2.47. The molecule has 0 heterocycles. The number of hydrogen-bond donors (Lipinski definition) is 1. The smallest absolute Gasteiger partial charge is 0.406 e. The number of carboxylic acids is 1. The van der Waals surface area contributed by atoms with Crippen LogP contribution in [0, 0.1) is 5.92 Å². The van der Waals surface area contributed by atoms with Gasteiger partial charge in [0.2, 0.25) is 11.8 Å². The fourth-order valence-electron chi connectivity index (χ4n) is 1.11. The number of aliphatic carboxylic acids is 1. The Morgan fingerprint density at radius 2 is 1.68 bits per heavy atom. The average molecular weight is 284 g/mol. The predicted molar refractivity (Wildman–Crippen MR) is 58.1 cm³/mol. The van der Waals surface area contributed by atoms with E-state index < -0.39 is 43.0 Å². The molecule has 0 aliphatic carbocycles. The molecule has 19 heavy (non-hydrogen) atoms. The number of amides is 2. The number of carbonyl (C=O) groups is 3. The van der Waals surface area contributed by atoms with Gasteiger partial charge in [0.25, 0.3) is 0 Å². The van der Waals surface area contributed by atoms with Crippen molar-refractivity contribution in [1.82, 2.24) is 9.80 Å². The first kappa shape index (κ1) is 17.2. The van der Waals surface area contributed by atoms with E-state index in [9.17, 15) is 27.6 Å².